The summed E-state index contributed by atoms with van der Waals surface area (Å²) in [6.07, 6.45) is 2.46. The first-order chi connectivity index (χ1) is 12.2. The van der Waals surface area contributed by atoms with Gasteiger partial charge in [-0.25, -0.2) is 4.68 Å². The van der Waals surface area contributed by atoms with Crippen LogP contribution >= 0.6 is 11.8 Å². The standard InChI is InChI=1S/C16H18N6O2S/c1-22-16(19-20-21-22)25-11-14(23)17-9-4-10-24-13-7-2-5-12-6-3-8-18-15(12)13/h2-3,5-8H,4,9-11H2,1H3,(H,17,23). The SMILES string of the molecule is Cn1nnnc1SCC(=O)NCCCOc1cccc2cccnc12. The number of thioether (sulfide) groups is 1. The van der Waals surface area contributed by atoms with Crippen LogP contribution in [0.25, 0.3) is 10.9 Å². The fraction of sp³-hybridized carbons (Fsp3) is 0.312. The van der Waals surface area contributed by atoms with Crippen molar-refractivity contribution in [1.29, 1.82) is 0 Å². The summed E-state index contributed by atoms with van der Waals surface area (Å²) in [6.45, 7) is 1.06. The molecule has 2 aromatic heterocycles. The number of fused-ring (bicyclic) bond motifs is 1. The summed E-state index contributed by atoms with van der Waals surface area (Å²) in [7, 11) is 1.74. The van der Waals surface area contributed by atoms with Gasteiger partial charge in [0, 0.05) is 25.2 Å². The van der Waals surface area contributed by atoms with Crippen LogP contribution < -0.4 is 10.1 Å². The summed E-state index contributed by atoms with van der Waals surface area (Å²) in [5.74, 6) is 0.983. The van der Waals surface area contributed by atoms with Crippen molar-refractivity contribution in [2.75, 3.05) is 18.9 Å². The number of carbonyl (C=O) groups excluding carboxylic acids is 1. The van der Waals surface area contributed by atoms with E-state index in [0.717, 1.165) is 16.7 Å². The number of aryl methyl sites for hydroxylation is 1. The van der Waals surface area contributed by atoms with Gasteiger partial charge in [-0.2, -0.15) is 0 Å². The largest absolute Gasteiger partial charge is 0.491 e. The quantitative estimate of drug-likeness (QED) is 0.481. The highest BCUT2D eigenvalue weighted by Gasteiger charge is 2.07. The summed E-state index contributed by atoms with van der Waals surface area (Å²) in [5, 5.41) is 15.6. The number of hydrogen-bond donors (Lipinski definition) is 1. The highest BCUT2D eigenvalue weighted by Crippen LogP contribution is 2.22. The van der Waals surface area contributed by atoms with Crippen molar-refractivity contribution < 1.29 is 9.53 Å². The Morgan fingerprint density at radius 2 is 2.20 bits per heavy atom. The summed E-state index contributed by atoms with van der Waals surface area (Å²) in [4.78, 5) is 16.1. The van der Waals surface area contributed by atoms with E-state index in [1.807, 2.05) is 30.3 Å². The minimum atomic E-state index is -0.0557. The molecule has 0 radical (unpaired) electrons. The number of hydrogen-bond acceptors (Lipinski definition) is 7. The molecule has 8 nitrogen and oxygen atoms in total. The van der Waals surface area contributed by atoms with Gasteiger partial charge < -0.3 is 10.1 Å². The van der Waals surface area contributed by atoms with E-state index in [1.54, 1.807) is 13.2 Å². The number of aromatic nitrogens is 5. The predicted molar refractivity (Wildman–Crippen MR) is 94.4 cm³/mol. The lowest BCUT2D eigenvalue weighted by Crippen LogP contribution is -2.27. The Kier molecular flexibility index (Phi) is 5.78. The smallest absolute Gasteiger partial charge is 0.230 e. The van der Waals surface area contributed by atoms with Crippen molar-refractivity contribution in [2.45, 2.75) is 11.6 Å². The summed E-state index contributed by atoms with van der Waals surface area (Å²) < 4.78 is 7.32. The third-order valence-electron chi connectivity index (χ3n) is 3.41. The first kappa shape index (κ1) is 17.2. The van der Waals surface area contributed by atoms with Gasteiger partial charge in [-0.05, 0) is 29.0 Å². The van der Waals surface area contributed by atoms with Gasteiger partial charge in [0.2, 0.25) is 11.1 Å². The van der Waals surface area contributed by atoms with E-state index >= 15 is 0 Å². The molecule has 130 valence electrons. The molecule has 0 spiro atoms. The van der Waals surface area contributed by atoms with Crippen LogP contribution in [0.15, 0.2) is 41.7 Å². The number of carbonyl (C=O) groups is 1. The maximum atomic E-state index is 11.8. The maximum absolute atomic E-state index is 11.8. The summed E-state index contributed by atoms with van der Waals surface area (Å²) in [6, 6.07) is 9.75. The van der Waals surface area contributed by atoms with Crippen LogP contribution in [0, 0.1) is 0 Å². The van der Waals surface area contributed by atoms with Crippen LogP contribution in [0.5, 0.6) is 5.75 Å². The number of nitrogens with zero attached hydrogens (tertiary/aromatic N) is 5. The van der Waals surface area contributed by atoms with Crippen LogP contribution in [0.3, 0.4) is 0 Å². The average molecular weight is 358 g/mol. The Hall–Kier alpha value is -2.68. The number of rotatable bonds is 8. The Labute approximate surface area is 149 Å². The number of ether oxygens (including phenoxy) is 1. The Morgan fingerprint density at radius 3 is 3.04 bits per heavy atom. The molecule has 0 bridgehead atoms. The lowest BCUT2D eigenvalue weighted by Gasteiger charge is -2.09. The van der Waals surface area contributed by atoms with E-state index < -0.39 is 0 Å². The molecule has 0 fully saturated rings. The first-order valence-corrected chi connectivity index (χ1v) is 8.81. The van der Waals surface area contributed by atoms with E-state index in [2.05, 4.69) is 25.8 Å². The van der Waals surface area contributed by atoms with Crippen LogP contribution in [0.2, 0.25) is 0 Å². The highest BCUT2D eigenvalue weighted by atomic mass is 32.2. The fourth-order valence-corrected chi connectivity index (χ4v) is 2.88. The molecule has 0 saturated heterocycles. The first-order valence-electron chi connectivity index (χ1n) is 7.82. The fourth-order valence-electron chi connectivity index (χ4n) is 2.20. The van der Waals surface area contributed by atoms with Crippen molar-refractivity contribution in [3.8, 4) is 5.75 Å². The number of amides is 1. The molecule has 2 heterocycles. The third kappa shape index (κ3) is 4.66. The summed E-state index contributed by atoms with van der Waals surface area (Å²) in [5.41, 5.74) is 0.850. The van der Waals surface area contributed by atoms with E-state index in [-0.39, 0.29) is 11.7 Å². The molecular formula is C16H18N6O2S. The van der Waals surface area contributed by atoms with Crippen molar-refractivity contribution >= 4 is 28.6 Å². The average Bonchev–Trinajstić information content (AvgIpc) is 3.05. The number of para-hydroxylation sites is 1. The lowest BCUT2D eigenvalue weighted by molar-refractivity contribution is -0.118. The van der Waals surface area contributed by atoms with E-state index in [9.17, 15) is 4.79 Å². The number of nitrogens with one attached hydrogen (secondary N) is 1. The van der Waals surface area contributed by atoms with Gasteiger partial charge in [-0.1, -0.05) is 30.0 Å². The Morgan fingerprint density at radius 1 is 1.32 bits per heavy atom. The molecule has 0 saturated carbocycles. The van der Waals surface area contributed by atoms with Crippen molar-refractivity contribution in [3.05, 3.63) is 36.5 Å². The van der Waals surface area contributed by atoms with E-state index in [4.69, 9.17) is 4.74 Å². The maximum Gasteiger partial charge on any atom is 0.230 e. The lowest BCUT2D eigenvalue weighted by atomic mass is 10.2. The van der Waals surface area contributed by atoms with Gasteiger partial charge in [0.1, 0.15) is 11.3 Å². The molecule has 3 aromatic rings. The van der Waals surface area contributed by atoms with Crippen LogP contribution in [-0.2, 0) is 11.8 Å². The third-order valence-corrected chi connectivity index (χ3v) is 4.42. The number of tetrazole rings is 1. The second-order valence-electron chi connectivity index (χ2n) is 5.26. The molecule has 9 heteroatoms. The molecule has 1 N–H and O–H groups in total. The predicted octanol–water partition coefficient (Wildman–Crippen LogP) is 1.44. The van der Waals surface area contributed by atoms with Gasteiger partial charge in [0.25, 0.3) is 0 Å². The molecule has 0 atom stereocenters. The monoisotopic (exact) mass is 358 g/mol. The Bertz CT molecular complexity index is 848. The van der Waals surface area contributed by atoms with Crippen LogP contribution in [-0.4, -0.2) is 50.0 Å². The molecule has 3 rings (SSSR count). The van der Waals surface area contributed by atoms with Crippen molar-refractivity contribution in [2.24, 2.45) is 7.05 Å². The van der Waals surface area contributed by atoms with Gasteiger partial charge >= 0.3 is 0 Å². The van der Waals surface area contributed by atoms with E-state index in [0.29, 0.717) is 24.7 Å². The number of pyridine rings is 1. The van der Waals surface area contributed by atoms with Gasteiger partial charge in [-0.3, -0.25) is 9.78 Å². The summed E-state index contributed by atoms with van der Waals surface area (Å²) >= 11 is 1.30. The molecule has 1 amide bonds. The molecule has 1 aromatic carbocycles. The molecule has 0 aliphatic heterocycles. The van der Waals surface area contributed by atoms with E-state index in [1.165, 1.54) is 16.4 Å². The van der Waals surface area contributed by atoms with Gasteiger partial charge in [0.15, 0.2) is 0 Å². The number of benzene rings is 1. The molecule has 0 aliphatic rings. The molecule has 0 unspecified atom stereocenters. The molecule has 25 heavy (non-hydrogen) atoms. The van der Waals surface area contributed by atoms with Gasteiger partial charge in [-0.15, -0.1) is 5.10 Å². The topological polar surface area (TPSA) is 94.8 Å². The van der Waals surface area contributed by atoms with Crippen LogP contribution in [0.4, 0.5) is 0 Å². The normalized spacial score (nSPS) is 10.8. The second-order valence-corrected chi connectivity index (χ2v) is 6.20. The van der Waals surface area contributed by atoms with Crippen LogP contribution in [0.1, 0.15) is 6.42 Å². The highest BCUT2D eigenvalue weighted by molar-refractivity contribution is 7.99. The second kappa shape index (κ2) is 8.43. The van der Waals surface area contributed by atoms with Gasteiger partial charge in [0.05, 0.1) is 12.4 Å². The molecular weight excluding hydrogens is 340 g/mol. The minimum Gasteiger partial charge on any atom is -0.491 e. The zero-order chi connectivity index (χ0) is 17.5. The van der Waals surface area contributed by atoms with Crippen molar-refractivity contribution in [1.82, 2.24) is 30.5 Å². The van der Waals surface area contributed by atoms with Crippen molar-refractivity contribution in [3.63, 3.8) is 0 Å². The zero-order valence-corrected chi connectivity index (χ0v) is 14.6. The minimum absolute atomic E-state index is 0.0557. The zero-order valence-electron chi connectivity index (χ0n) is 13.8. The molecule has 0 aliphatic carbocycles. The Balaban J connectivity index is 1.37.